The summed E-state index contributed by atoms with van der Waals surface area (Å²) in [6.45, 7) is 3.72. The summed E-state index contributed by atoms with van der Waals surface area (Å²) in [7, 11) is 0. The molecule has 1 aromatic rings. The van der Waals surface area contributed by atoms with Crippen LogP contribution in [0.1, 0.15) is 23.7 Å². The number of nitrogens with two attached hydrogens (primary N) is 2. The first-order valence-corrected chi connectivity index (χ1v) is 6.89. The topological polar surface area (TPSA) is 72.3 Å². The molecule has 1 aromatic carbocycles. The molecule has 1 saturated heterocycles. The molecule has 1 aliphatic rings. The lowest BCUT2D eigenvalue weighted by Gasteiger charge is -2.26. The second-order valence-corrected chi connectivity index (χ2v) is 5.69. The molecule has 98 valence electrons. The minimum absolute atomic E-state index is 0.381. The molecule has 1 heterocycles. The van der Waals surface area contributed by atoms with Crippen molar-refractivity contribution in [1.82, 2.24) is 0 Å². The molecule has 5 heteroatoms. The van der Waals surface area contributed by atoms with Gasteiger partial charge in [-0.3, -0.25) is 4.79 Å². The van der Waals surface area contributed by atoms with Gasteiger partial charge in [0.25, 0.3) is 5.91 Å². The number of hydrogen-bond acceptors (Lipinski definition) is 3. The molecule has 1 amide bonds. The standard InChI is InChI=1S/C13H18BrN3O/c1-8-5-9(6-15)7-17(8)11-4-2-3-10(14)12(11)13(16)18/h2-4,8-9H,5-7,15H2,1H3,(H2,16,18). The summed E-state index contributed by atoms with van der Waals surface area (Å²) in [6, 6.07) is 6.09. The largest absolute Gasteiger partial charge is 0.368 e. The maximum Gasteiger partial charge on any atom is 0.251 e. The third-order valence-corrected chi connectivity index (χ3v) is 4.20. The normalized spacial score (nSPS) is 23.4. The Kier molecular flexibility index (Phi) is 3.92. The molecule has 2 rings (SSSR count). The number of rotatable bonds is 3. The molecular weight excluding hydrogens is 294 g/mol. The summed E-state index contributed by atoms with van der Waals surface area (Å²) in [4.78, 5) is 13.8. The smallest absolute Gasteiger partial charge is 0.251 e. The van der Waals surface area contributed by atoms with Crippen LogP contribution in [0.5, 0.6) is 0 Å². The van der Waals surface area contributed by atoms with E-state index in [1.807, 2.05) is 18.2 Å². The van der Waals surface area contributed by atoms with Crippen molar-refractivity contribution >= 4 is 27.5 Å². The maximum absolute atomic E-state index is 11.6. The van der Waals surface area contributed by atoms with Gasteiger partial charge in [-0.15, -0.1) is 0 Å². The molecule has 4 nitrogen and oxygen atoms in total. The minimum atomic E-state index is -0.402. The summed E-state index contributed by atoms with van der Waals surface area (Å²) < 4.78 is 0.746. The minimum Gasteiger partial charge on any atom is -0.368 e. The zero-order chi connectivity index (χ0) is 13.3. The SMILES string of the molecule is CC1CC(CN)CN1c1cccc(Br)c1C(N)=O. The molecule has 18 heavy (non-hydrogen) atoms. The van der Waals surface area contributed by atoms with Gasteiger partial charge in [0.15, 0.2) is 0 Å². The Balaban J connectivity index is 2.39. The Morgan fingerprint density at radius 1 is 1.56 bits per heavy atom. The summed E-state index contributed by atoms with van der Waals surface area (Å²) in [5.41, 5.74) is 12.7. The van der Waals surface area contributed by atoms with Gasteiger partial charge in [-0.1, -0.05) is 6.07 Å². The van der Waals surface area contributed by atoms with Gasteiger partial charge >= 0.3 is 0 Å². The summed E-state index contributed by atoms with van der Waals surface area (Å²) in [6.07, 6.45) is 1.06. The summed E-state index contributed by atoms with van der Waals surface area (Å²) >= 11 is 3.39. The molecule has 0 aromatic heterocycles. The van der Waals surface area contributed by atoms with Gasteiger partial charge in [-0.05, 0) is 53.9 Å². The van der Waals surface area contributed by atoms with E-state index >= 15 is 0 Å². The van der Waals surface area contributed by atoms with E-state index in [1.54, 1.807) is 0 Å². The lowest BCUT2D eigenvalue weighted by atomic mass is 10.1. The number of primary amides is 1. The first-order valence-electron chi connectivity index (χ1n) is 6.09. The molecule has 1 aliphatic heterocycles. The summed E-state index contributed by atoms with van der Waals surface area (Å²) in [5, 5.41) is 0. The predicted molar refractivity (Wildman–Crippen MR) is 76.6 cm³/mol. The van der Waals surface area contributed by atoms with Crippen molar-refractivity contribution in [2.24, 2.45) is 17.4 Å². The zero-order valence-electron chi connectivity index (χ0n) is 10.4. The molecule has 0 aliphatic carbocycles. The van der Waals surface area contributed by atoms with Gasteiger partial charge in [0.1, 0.15) is 0 Å². The van der Waals surface area contributed by atoms with Crippen LogP contribution in [0.2, 0.25) is 0 Å². The van der Waals surface area contributed by atoms with Gasteiger partial charge in [0.2, 0.25) is 0 Å². The fraction of sp³-hybridized carbons (Fsp3) is 0.462. The van der Waals surface area contributed by atoms with E-state index in [2.05, 4.69) is 27.8 Å². The number of benzene rings is 1. The van der Waals surface area contributed by atoms with Crippen molar-refractivity contribution in [3.63, 3.8) is 0 Å². The van der Waals surface area contributed by atoms with E-state index in [0.717, 1.165) is 23.1 Å². The van der Waals surface area contributed by atoms with Crippen molar-refractivity contribution in [2.45, 2.75) is 19.4 Å². The van der Waals surface area contributed by atoms with Crippen LogP contribution in [0.15, 0.2) is 22.7 Å². The van der Waals surface area contributed by atoms with Gasteiger partial charge < -0.3 is 16.4 Å². The Labute approximate surface area is 115 Å². The van der Waals surface area contributed by atoms with Crippen LogP contribution in [0, 0.1) is 5.92 Å². The molecule has 0 saturated carbocycles. The molecular formula is C13H18BrN3O. The van der Waals surface area contributed by atoms with Crippen LogP contribution in [-0.2, 0) is 0 Å². The lowest BCUT2D eigenvalue weighted by molar-refractivity contribution is 0.1000. The van der Waals surface area contributed by atoms with E-state index in [0.29, 0.717) is 24.1 Å². The molecule has 2 unspecified atom stereocenters. The van der Waals surface area contributed by atoms with E-state index in [-0.39, 0.29) is 0 Å². The zero-order valence-corrected chi connectivity index (χ0v) is 12.0. The molecule has 0 radical (unpaired) electrons. The Morgan fingerprint density at radius 3 is 2.83 bits per heavy atom. The van der Waals surface area contributed by atoms with Crippen molar-refractivity contribution in [1.29, 1.82) is 0 Å². The maximum atomic E-state index is 11.6. The van der Waals surface area contributed by atoms with Crippen LogP contribution >= 0.6 is 15.9 Å². The van der Waals surface area contributed by atoms with Gasteiger partial charge in [0.05, 0.1) is 11.3 Å². The van der Waals surface area contributed by atoms with Crippen molar-refractivity contribution in [3.8, 4) is 0 Å². The van der Waals surface area contributed by atoms with E-state index < -0.39 is 5.91 Å². The third-order valence-electron chi connectivity index (χ3n) is 3.54. The van der Waals surface area contributed by atoms with Crippen molar-refractivity contribution < 1.29 is 4.79 Å². The first-order chi connectivity index (χ1) is 8.54. The summed E-state index contributed by atoms with van der Waals surface area (Å²) in [5.74, 6) is 0.0839. The van der Waals surface area contributed by atoms with E-state index in [9.17, 15) is 4.79 Å². The number of hydrogen-bond donors (Lipinski definition) is 2. The number of carbonyl (C=O) groups excluding carboxylic acids is 1. The van der Waals surface area contributed by atoms with Crippen LogP contribution < -0.4 is 16.4 Å². The van der Waals surface area contributed by atoms with Crippen LogP contribution in [-0.4, -0.2) is 25.0 Å². The fourth-order valence-electron chi connectivity index (χ4n) is 2.64. The van der Waals surface area contributed by atoms with Gasteiger partial charge in [0, 0.05) is 17.1 Å². The van der Waals surface area contributed by atoms with Crippen molar-refractivity contribution in [2.75, 3.05) is 18.0 Å². The van der Waals surface area contributed by atoms with Crippen LogP contribution in [0.25, 0.3) is 0 Å². The average Bonchev–Trinajstić information content (AvgIpc) is 2.69. The molecule has 2 atom stereocenters. The monoisotopic (exact) mass is 311 g/mol. The Hall–Kier alpha value is -1.07. The Bertz CT molecular complexity index is 464. The highest BCUT2D eigenvalue weighted by molar-refractivity contribution is 9.10. The second kappa shape index (κ2) is 5.28. The highest BCUT2D eigenvalue weighted by atomic mass is 79.9. The van der Waals surface area contributed by atoms with Crippen molar-refractivity contribution in [3.05, 3.63) is 28.2 Å². The molecule has 0 spiro atoms. The highest BCUT2D eigenvalue weighted by Crippen LogP contribution is 2.34. The molecule has 4 N–H and O–H groups in total. The Morgan fingerprint density at radius 2 is 2.28 bits per heavy atom. The molecule has 0 bridgehead atoms. The number of carbonyl (C=O) groups is 1. The van der Waals surface area contributed by atoms with E-state index in [4.69, 9.17) is 11.5 Å². The van der Waals surface area contributed by atoms with Gasteiger partial charge in [-0.2, -0.15) is 0 Å². The van der Waals surface area contributed by atoms with Gasteiger partial charge in [-0.25, -0.2) is 0 Å². The predicted octanol–water partition coefficient (Wildman–Crippen LogP) is 1.72. The number of anilines is 1. The lowest BCUT2D eigenvalue weighted by Crippen LogP contribution is -2.30. The third kappa shape index (κ3) is 2.37. The second-order valence-electron chi connectivity index (χ2n) is 4.84. The number of nitrogens with zero attached hydrogens (tertiary/aromatic N) is 1. The van der Waals surface area contributed by atoms with E-state index in [1.165, 1.54) is 0 Å². The average molecular weight is 312 g/mol. The van der Waals surface area contributed by atoms with Crippen LogP contribution in [0.4, 0.5) is 5.69 Å². The fourth-order valence-corrected chi connectivity index (χ4v) is 3.20. The first kappa shape index (κ1) is 13.4. The quantitative estimate of drug-likeness (QED) is 0.892. The molecule has 1 fully saturated rings. The highest BCUT2D eigenvalue weighted by Gasteiger charge is 2.30. The van der Waals surface area contributed by atoms with Crippen LogP contribution in [0.3, 0.4) is 0 Å². The number of amides is 1. The number of halogens is 1.